The molecule has 0 saturated heterocycles. The Morgan fingerprint density at radius 3 is 2.53 bits per heavy atom. The third-order valence-corrected chi connectivity index (χ3v) is 5.22. The predicted octanol–water partition coefficient (Wildman–Crippen LogP) is 0.197. The lowest BCUT2D eigenvalue weighted by atomic mass is 10.2. The molecule has 17 heavy (non-hydrogen) atoms. The number of rotatable bonds is 6. The lowest BCUT2D eigenvalue weighted by Gasteiger charge is -2.11. The highest BCUT2D eigenvalue weighted by Gasteiger charge is 2.30. The minimum atomic E-state index is -3.25. The number of nitrogens with one attached hydrogen (secondary N) is 1. The van der Waals surface area contributed by atoms with Crippen LogP contribution in [0.2, 0.25) is 0 Å². The summed E-state index contributed by atoms with van der Waals surface area (Å²) < 4.78 is 23.7. The topological polar surface area (TPSA) is 89.3 Å². The molecule has 1 aliphatic rings. The average Bonchev–Trinajstić information content (AvgIpc) is 2.68. The average molecular weight is 262 g/mol. The summed E-state index contributed by atoms with van der Waals surface area (Å²) in [5.74, 6) is -0.783. The molecule has 0 heterocycles. The van der Waals surface area contributed by atoms with Crippen molar-refractivity contribution >= 4 is 15.7 Å². The molecular formula is C11H22N2O3S. The van der Waals surface area contributed by atoms with E-state index in [-0.39, 0.29) is 17.0 Å². The van der Waals surface area contributed by atoms with E-state index in [4.69, 9.17) is 5.73 Å². The molecule has 100 valence electrons. The summed E-state index contributed by atoms with van der Waals surface area (Å²) in [4.78, 5) is 11.5. The Balaban J connectivity index is 2.34. The van der Waals surface area contributed by atoms with Gasteiger partial charge >= 0.3 is 0 Å². The lowest BCUT2D eigenvalue weighted by Crippen LogP contribution is -2.36. The van der Waals surface area contributed by atoms with Gasteiger partial charge in [-0.1, -0.05) is 12.8 Å². The van der Waals surface area contributed by atoms with Gasteiger partial charge in [-0.3, -0.25) is 4.79 Å². The van der Waals surface area contributed by atoms with E-state index in [9.17, 15) is 13.2 Å². The summed E-state index contributed by atoms with van der Waals surface area (Å²) in [5, 5.41) is 2.29. The fraction of sp³-hybridized carbons (Fsp3) is 0.909. The second-order valence-corrected chi connectivity index (χ2v) is 7.11. The van der Waals surface area contributed by atoms with Crippen LogP contribution in [-0.2, 0) is 14.6 Å². The predicted molar refractivity (Wildman–Crippen MR) is 67.3 cm³/mol. The van der Waals surface area contributed by atoms with Crippen LogP contribution in [0.3, 0.4) is 0 Å². The summed E-state index contributed by atoms with van der Waals surface area (Å²) in [6.07, 6.45) is 3.98. The normalized spacial score (nSPS) is 19.2. The van der Waals surface area contributed by atoms with Gasteiger partial charge in [0.15, 0.2) is 9.84 Å². The number of hydrogen-bond acceptors (Lipinski definition) is 4. The fourth-order valence-corrected chi connectivity index (χ4v) is 3.79. The number of carbonyl (C=O) groups is 1. The monoisotopic (exact) mass is 262 g/mol. The molecular weight excluding hydrogens is 240 g/mol. The summed E-state index contributed by atoms with van der Waals surface area (Å²) in [6, 6.07) is 0.0155. The molecule has 1 atom stereocenters. The van der Waals surface area contributed by atoms with E-state index in [1.807, 2.05) is 6.92 Å². The fourth-order valence-electron chi connectivity index (χ4n) is 2.04. The Morgan fingerprint density at radius 2 is 2.00 bits per heavy atom. The second-order valence-electron chi connectivity index (χ2n) is 4.83. The Hall–Kier alpha value is -0.620. The minimum absolute atomic E-state index is 0.0155. The largest absolute Gasteiger partial charge is 0.355 e. The molecule has 3 N–H and O–H groups in total. The van der Waals surface area contributed by atoms with Crippen molar-refractivity contribution in [3.8, 4) is 0 Å². The van der Waals surface area contributed by atoms with Gasteiger partial charge in [-0.05, 0) is 26.2 Å². The third-order valence-electron chi connectivity index (χ3n) is 3.06. The van der Waals surface area contributed by atoms with E-state index in [1.165, 1.54) is 0 Å². The highest BCUT2D eigenvalue weighted by molar-refractivity contribution is 7.92. The van der Waals surface area contributed by atoms with Crippen molar-refractivity contribution < 1.29 is 13.2 Å². The number of hydrogen-bond donors (Lipinski definition) is 2. The smallest absolute Gasteiger partial charge is 0.235 e. The Kier molecular flexibility index (Phi) is 5.39. The van der Waals surface area contributed by atoms with Crippen LogP contribution >= 0.6 is 0 Å². The molecule has 1 amide bonds. The Morgan fingerprint density at radius 1 is 1.41 bits per heavy atom. The van der Waals surface area contributed by atoms with Crippen LogP contribution < -0.4 is 11.1 Å². The molecule has 0 aromatic carbocycles. The molecule has 0 aromatic heterocycles. The van der Waals surface area contributed by atoms with Crippen LogP contribution in [0.15, 0.2) is 0 Å². The van der Waals surface area contributed by atoms with Crippen molar-refractivity contribution in [2.75, 3.05) is 12.3 Å². The molecule has 1 rings (SSSR count). The van der Waals surface area contributed by atoms with Crippen molar-refractivity contribution in [2.24, 2.45) is 5.73 Å². The van der Waals surface area contributed by atoms with Crippen LogP contribution in [0.25, 0.3) is 0 Å². The third kappa shape index (κ3) is 5.04. The van der Waals surface area contributed by atoms with E-state index in [2.05, 4.69) is 5.32 Å². The maximum Gasteiger partial charge on any atom is 0.235 e. The number of carbonyl (C=O) groups excluding carboxylic acids is 1. The van der Waals surface area contributed by atoms with Gasteiger partial charge in [0.25, 0.3) is 0 Å². The van der Waals surface area contributed by atoms with Gasteiger partial charge in [0.2, 0.25) is 5.91 Å². The van der Waals surface area contributed by atoms with Crippen molar-refractivity contribution in [2.45, 2.75) is 50.3 Å². The first-order valence-corrected chi connectivity index (χ1v) is 7.87. The highest BCUT2D eigenvalue weighted by atomic mass is 32.2. The molecule has 1 fully saturated rings. The van der Waals surface area contributed by atoms with E-state index in [1.54, 1.807) is 0 Å². The SMILES string of the molecule is CC(N)CCNC(=O)CS(=O)(=O)C1CCCC1. The highest BCUT2D eigenvalue weighted by Crippen LogP contribution is 2.24. The minimum Gasteiger partial charge on any atom is -0.355 e. The van der Waals surface area contributed by atoms with Gasteiger partial charge in [-0.15, -0.1) is 0 Å². The zero-order valence-electron chi connectivity index (χ0n) is 10.3. The molecule has 1 saturated carbocycles. The number of amides is 1. The van der Waals surface area contributed by atoms with E-state index >= 15 is 0 Å². The summed E-state index contributed by atoms with van der Waals surface area (Å²) in [5.41, 5.74) is 5.54. The maximum absolute atomic E-state index is 11.9. The molecule has 0 aliphatic heterocycles. The molecule has 5 nitrogen and oxygen atoms in total. The Labute approximate surface area is 103 Å². The summed E-state index contributed by atoms with van der Waals surface area (Å²) in [6.45, 7) is 2.29. The second kappa shape index (κ2) is 6.35. The van der Waals surface area contributed by atoms with Crippen LogP contribution in [0.4, 0.5) is 0 Å². The van der Waals surface area contributed by atoms with E-state index in [0.29, 0.717) is 25.8 Å². The molecule has 6 heteroatoms. The molecule has 0 spiro atoms. The van der Waals surface area contributed by atoms with Gasteiger partial charge in [-0.2, -0.15) is 0 Å². The van der Waals surface area contributed by atoms with Crippen molar-refractivity contribution in [1.29, 1.82) is 0 Å². The van der Waals surface area contributed by atoms with Crippen LogP contribution in [0, 0.1) is 0 Å². The summed E-state index contributed by atoms with van der Waals surface area (Å²) in [7, 11) is -3.25. The quantitative estimate of drug-likeness (QED) is 0.715. The van der Waals surface area contributed by atoms with E-state index in [0.717, 1.165) is 12.8 Å². The number of nitrogens with two attached hydrogens (primary N) is 1. The molecule has 1 unspecified atom stereocenters. The van der Waals surface area contributed by atoms with Gasteiger partial charge < -0.3 is 11.1 Å². The zero-order valence-corrected chi connectivity index (χ0v) is 11.1. The maximum atomic E-state index is 11.9. The molecule has 0 bridgehead atoms. The Bertz CT molecular complexity index is 346. The lowest BCUT2D eigenvalue weighted by molar-refractivity contribution is -0.118. The van der Waals surface area contributed by atoms with E-state index < -0.39 is 15.7 Å². The zero-order chi connectivity index (χ0) is 12.9. The first kappa shape index (κ1) is 14.4. The summed E-state index contributed by atoms with van der Waals surface area (Å²) >= 11 is 0. The first-order chi connectivity index (χ1) is 7.92. The van der Waals surface area contributed by atoms with Gasteiger partial charge in [0.1, 0.15) is 5.75 Å². The standard InChI is InChI=1S/C11H22N2O3S/c1-9(12)6-7-13-11(14)8-17(15,16)10-4-2-3-5-10/h9-10H,2-8,12H2,1H3,(H,13,14). The molecule has 1 aliphatic carbocycles. The van der Waals surface area contributed by atoms with Crippen LogP contribution in [0.5, 0.6) is 0 Å². The van der Waals surface area contributed by atoms with Crippen molar-refractivity contribution in [1.82, 2.24) is 5.32 Å². The van der Waals surface area contributed by atoms with Gasteiger partial charge in [0.05, 0.1) is 5.25 Å². The van der Waals surface area contributed by atoms with Crippen LogP contribution in [-0.4, -0.2) is 37.9 Å². The van der Waals surface area contributed by atoms with Crippen molar-refractivity contribution in [3.05, 3.63) is 0 Å². The van der Waals surface area contributed by atoms with Gasteiger partial charge in [-0.25, -0.2) is 8.42 Å². The van der Waals surface area contributed by atoms with Crippen LogP contribution in [0.1, 0.15) is 39.0 Å². The molecule has 0 aromatic rings. The number of sulfone groups is 1. The van der Waals surface area contributed by atoms with Crippen molar-refractivity contribution in [3.63, 3.8) is 0 Å². The first-order valence-electron chi connectivity index (χ1n) is 6.15. The molecule has 0 radical (unpaired) electrons. The van der Waals surface area contributed by atoms with Gasteiger partial charge in [0, 0.05) is 12.6 Å².